The van der Waals surface area contributed by atoms with Crippen molar-refractivity contribution in [3.8, 4) is 0 Å². The summed E-state index contributed by atoms with van der Waals surface area (Å²) >= 11 is 2.37. The second-order valence-corrected chi connectivity index (χ2v) is 6.35. The molecule has 3 aromatic rings. The lowest BCUT2D eigenvalue weighted by atomic mass is 10.5. The number of nitrogens with one attached hydrogen (secondary N) is 1. The van der Waals surface area contributed by atoms with Crippen LogP contribution in [0.1, 0.15) is 5.82 Å². The van der Waals surface area contributed by atoms with Crippen molar-refractivity contribution in [2.45, 2.75) is 15.5 Å². The SMILES string of the molecule is C=CCNc1nnc(Sc2ccc3nnc(C(F)(F)F)n3n2)s1. The average Bonchev–Trinajstić information content (AvgIpc) is 3.10. The number of hydrogen-bond donors (Lipinski definition) is 1. The molecule has 23 heavy (non-hydrogen) atoms. The van der Waals surface area contributed by atoms with E-state index < -0.39 is 12.0 Å². The Balaban J connectivity index is 1.85. The first-order chi connectivity index (χ1) is 11.0. The van der Waals surface area contributed by atoms with Crippen LogP contribution in [0.15, 0.2) is 34.2 Å². The van der Waals surface area contributed by atoms with Gasteiger partial charge in [-0.2, -0.15) is 22.8 Å². The predicted molar refractivity (Wildman–Crippen MR) is 78.5 cm³/mol. The summed E-state index contributed by atoms with van der Waals surface area (Å²) in [6.45, 7) is 4.12. The Morgan fingerprint density at radius 2 is 2.09 bits per heavy atom. The highest BCUT2D eigenvalue weighted by Crippen LogP contribution is 2.32. The monoisotopic (exact) mass is 359 g/mol. The van der Waals surface area contributed by atoms with Gasteiger partial charge in [-0.15, -0.1) is 27.0 Å². The Morgan fingerprint density at radius 3 is 2.83 bits per heavy atom. The standard InChI is InChI=1S/C11H8F3N7S2/c1-2-5-15-9-18-19-10(23-9)22-7-4-3-6-16-17-8(11(12,13)14)21(6)20-7/h2-4H,1,5H2,(H,15,18). The molecule has 0 saturated heterocycles. The molecular formula is C11H8F3N7S2. The highest BCUT2D eigenvalue weighted by atomic mass is 32.2. The van der Waals surface area contributed by atoms with E-state index in [0.717, 1.165) is 11.8 Å². The van der Waals surface area contributed by atoms with E-state index in [1.807, 2.05) is 0 Å². The first-order valence-corrected chi connectivity index (χ1v) is 7.76. The molecule has 0 bridgehead atoms. The smallest absolute Gasteiger partial charge is 0.357 e. The van der Waals surface area contributed by atoms with Gasteiger partial charge in [0.15, 0.2) is 9.99 Å². The van der Waals surface area contributed by atoms with Crippen molar-refractivity contribution in [3.63, 3.8) is 0 Å². The quantitative estimate of drug-likeness (QED) is 0.702. The maximum Gasteiger partial charge on any atom is 0.453 e. The normalized spacial score (nSPS) is 11.8. The molecule has 0 aromatic carbocycles. The third-order valence-electron chi connectivity index (χ3n) is 2.49. The van der Waals surface area contributed by atoms with Gasteiger partial charge in [0, 0.05) is 6.54 Å². The van der Waals surface area contributed by atoms with Gasteiger partial charge in [0.25, 0.3) is 5.82 Å². The van der Waals surface area contributed by atoms with Crippen LogP contribution in [0.2, 0.25) is 0 Å². The fourth-order valence-electron chi connectivity index (χ4n) is 1.57. The van der Waals surface area contributed by atoms with E-state index in [1.54, 1.807) is 12.1 Å². The summed E-state index contributed by atoms with van der Waals surface area (Å²) in [5.74, 6) is -1.17. The Bertz CT molecular complexity index is 842. The van der Waals surface area contributed by atoms with Gasteiger partial charge in [0.1, 0.15) is 5.03 Å². The van der Waals surface area contributed by atoms with Crippen LogP contribution in [0.3, 0.4) is 0 Å². The van der Waals surface area contributed by atoms with Crippen molar-refractivity contribution in [1.82, 2.24) is 30.0 Å². The molecule has 0 radical (unpaired) electrons. The van der Waals surface area contributed by atoms with Crippen LogP contribution < -0.4 is 5.32 Å². The van der Waals surface area contributed by atoms with E-state index in [4.69, 9.17) is 0 Å². The highest BCUT2D eigenvalue weighted by molar-refractivity contribution is 8.01. The minimum Gasteiger partial charge on any atom is -0.357 e. The van der Waals surface area contributed by atoms with Gasteiger partial charge in [-0.25, -0.2) is 0 Å². The highest BCUT2D eigenvalue weighted by Gasteiger charge is 2.37. The fraction of sp³-hybridized carbons (Fsp3) is 0.182. The second-order valence-electron chi connectivity index (χ2n) is 4.11. The lowest BCUT2D eigenvalue weighted by Crippen LogP contribution is -2.12. The van der Waals surface area contributed by atoms with Crippen molar-refractivity contribution in [3.05, 3.63) is 30.6 Å². The van der Waals surface area contributed by atoms with Gasteiger partial charge in [-0.3, -0.25) is 0 Å². The molecule has 0 aliphatic rings. The van der Waals surface area contributed by atoms with Crippen LogP contribution in [0.5, 0.6) is 0 Å². The molecule has 0 spiro atoms. The lowest BCUT2D eigenvalue weighted by molar-refractivity contribution is -0.146. The summed E-state index contributed by atoms with van der Waals surface area (Å²) < 4.78 is 39.7. The number of nitrogens with zero attached hydrogens (tertiary/aromatic N) is 6. The number of fused-ring (bicyclic) bond motifs is 1. The van der Waals surface area contributed by atoms with Crippen LogP contribution >= 0.6 is 23.1 Å². The van der Waals surface area contributed by atoms with Gasteiger partial charge >= 0.3 is 6.18 Å². The van der Waals surface area contributed by atoms with Crippen molar-refractivity contribution in [2.24, 2.45) is 0 Å². The summed E-state index contributed by atoms with van der Waals surface area (Å²) in [7, 11) is 0. The minimum absolute atomic E-state index is 0.0206. The predicted octanol–water partition coefficient (Wildman–Crippen LogP) is 2.74. The lowest BCUT2D eigenvalue weighted by Gasteiger charge is -2.03. The molecule has 0 unspecified atom stereocenters. The third-order valence-corrected chi connectivity index (χ3v) is 4.35. The van der Waals surface area contributed by atoms with Gasteiger partial charge in [-0.05, 0) is 23.9 Å². The molecule has 0 aliphatic heterocycles. The largest absolute Gasteiger partial charge is 0.453 e. The zero-order valence-corrected chi connectivity index (χ0v) is 12.9. The van der Waals surface area contributed by atoms with Crippen LogP contribution in [0.4, 0.5) is 18.3 Å². The van der Waals surface area contributed by atoms with Gasteiger partial charge in [0.2, 0.25) is 5.13 Å². The van der Waals surface area contributed by atoms with E-state index in [0.29, 0.717) is 25.6 Å². The molecule has 3 heterocycles. The fourth-order valence-corrected chi connectivity index (χ4v) is 3.24. The first kappa shape index (κ1) is 15.7. The summed E-state index contributed by atoms with van der Waals surface area (Å²) in [6.07, 6.45) is -2.95. The molecule has 120 valence electrons. The Kier molecular flexibility index (Phi) is 4.17. The summed E-state index contributed by atoms with van der Waals surface area (Å²) in [5, 5.41) is 22.2. The van der Waals surface area contributed by atoms with E-state index in [2.05, 4.69) is 37.4 Å². The van der Waals surface area contributed by atoms with Crippen molar-refractivity contribution in [2.75, 3.05) is 11.9 Å². The van der Waals surface area contributed by atoms with Crippen molar-refractivity contribution >= 4 is 33.9 Å². The topological polar surface area (TPSA) is 80.9 Å². The number of aromatic nitrogens is 6. The molecule has 0 saturated carbocycles. The number of halogens is 3. The van der Waals surface area contributed by atoms with E-state index in [9.17, 15) is 13.2 Å². The zero-order chi connectivity index (χ0) is 16.4. The van der Waals surface area contributed by atoms with Crippen LogP contribution in [0.25, 0.3) is 5.65 Å². The molecule has 1 N–H and O–H groups in total. The molecule has 0 amide bonds. The van der Waals surface area contributed by atoms with Crippen molar-refractivity contribution < 1.29 is 13.2 Å². The molecule has 0 atom stereocenters. The second kappa shape index (κ2) is 6.12. The molecule has 7 nitrogen and oxygen atoms in total. The molecule has 0 fully saturated rings. The Hall–Kier alpha value is -2.21. The molecular weight excluding hydrogens is 351 g/mol. The molecule has 3 rings (SSSR count). The first-order valence-electron chi connectivity index (χ1n) is 6.13. The number of anilines is 1. The van der Waals surface area contributed by atoms with Crippen LogP contribution in [0, 0.1) is 0 Å². The molecule has 12 heteroatoms. The molecule has 3 aromatic heterocycles. The number of hydrogen-bond acceptors (Lipinski definition) is 8. The van der Waals surface area contributed by atoms with Gasteiger partial charge in [0.05, 0.1) is 0 Å². The Labute approximate surface area is 135 Å². The number of rotatable bonds is 5. The average molecular weight is 359 g/mol. The van der Waals surface area contributed by atoms with E-state index in [-0.39, 0.29) is 5.65 Å². The summed E-state index contributed by atoms with van der Waals surface area (Å²) in [6, 6.07) is 2.96. The van der Waals surface area contributed by atoms with E-state index in [1.165, 1.54) is 17.4 Å². The van der Waals surface area contributed by atoms with Gasteiger partial charge < -0.3 is 5.32 Å². The maximum atomic E-state index is 12.8. The van der Waals surface area contributed by atoms with Crippen LogP contribution in [-0.2, 0) is 6.18 Å². The van der Waals surface area contributed by atoms with Gasteiger partial charge in [-0.1, -0.05) is 17.4 Å². The van der Waals surface area contributed by atoms with Crippen molar-refractivity contribution in [1.29, 1.82) is 0 Å². The maximum absolute atomic E-state index is 12.8. The number of alkyl halides is 3. The van der Waals surface area contributed by atoms with Crippen LogP contribution in [-0.4, -0.2) is 36.6 Å². The third kappa shape index (κ3) is 3.42. The summed E-state index contributed by atoms with van der Waals surface area (Å²) in [5.41, 5.74) is 0.0206. The minimum atomic E-state index is -4.62. The Morgan fingerprint density at radius 1 is 1.26 bits per heavy atom. The zero-order valence-electron chi connectivity index (χ0n) is 11.3. The van der Waals surface area contributed by atoms with E-state index >= 15 is 0 Å². The molecule has 0 aliphatic carbocycles. The summed E-state index contributed by atoms with van der Waals surface area (Å²) in [4.78, 5) is 0.